The molecule has 0 saturated heterocycles. The number of carboxylic acid groups (broad SMARTS) is 1. The van der Waals surface area contributed by atoms with E-state index in [9.17, 15) is 9.90 Å². The van der Waals surface area contributed by atoms with Crippen LogP contribution in [0.25, 0.3) is 11.3 Å². The molecule has 152 valence electrons. The Morgan fingerprint density at radius 3 is 2.86 bits per heavy atom. The third kappa shape index (κ3) is 4.33. The maximum absolute atomic E-state index is 11.8. The SMILES string of the molecule is COc1ccc(-c2onc(NCc3cnc4c(c3)CNCC4)c2C(=O)O)cc1.Cl. The molecule has 2 aromatic heterocycles. The monoisotopic (exact) mass is 416 g/mol. The standard InChI is InChI=1S/C20H20N4O4.ClH/c1-27-15-4-2-13(3-5-15)18-17(20(25)26)19(24-28-18)23-10-12-8-14-11-21-7-6-16(14)22-9-12;/h2-5,8-9,21H,6-7,10-11H2,1H3,(H,23,24)(H,25,26);1H. The summed E-state index contributed by atoms with van der Waals surface area (Å²) in [5.41, 5.74) is 3.84. The van der Waals surface area contributed by atoms with Gasteiger partial charge in [-0.15, -0.1) is 12.4 Å². The molecule has 0 saturated carbocycles. The first kappa shape index (κ1) is 20.6. The van der Waals surface area contributed by atoms with E-state index in [1.165, 1.54) is 5.56 Å². The lowest BCUT2D eigenvalue weighted by atomic mass is 10.1. The minimum Gasteiger partial charge on any atom is -0.497 e. The number of hydrogen-bond acceptors (Lipinski definition) is 7. The fourth-order valence-corrected chi connectivity index (χ4v) is 3.23. The molecule has 1 aromatic carbocycles. The van der Waals surface area contributed by atoms with Crippen molar-refractivity contribution < 1.29 is 19.2 Å². The molecule has 3 heterocycles. The van der Waals surface area contributed by atoms with E-state index in [2.05, 4.69) is 26.8 Å². The first-order valence-corrected chi connectivity index (χ1v) is 8.94. The molecule has 0 atom stereocenters. The number of anilines is 1. The zero-order valence-corrected chi connectivity index (χ0v) is 16.6. The molecule has 0 unspecified atom stereocenters. The van der Waals surface area contributed by atoms with Crippen molar-refractivity contribution >= 4 is 24.2 Å². The first-order valence-electron chi connectivity index (χ1n) is 8.94. The van der Waals surface area contributed by atoms with Gasteiger partial charge in [-0.25, -0.2) is 4.79 Å². The predicted octanol–water partition coefficient (Wildman–Crippen LogP) is 3.12. The molecule has 0 spiro atoms. The molecule has 8 nitrogen and oxygen atoms in total. The van der Waals surface area contributed by atoms with Gasteiger partial charge in [-0.2, -0.15) is 0 Å². The minimum absolute atomic E-state index is 0. The largest absolute Gasteiger partial charge is 0.497 e. The highest BCUT2D eigenvalue weighted by atomic mass is 35.5. The Morgan fingerprint density at radius 1 is 1.34 bits per heavy atom. The van der Waals surface area contributed by atoms with Crippen LogP contribution in [0.15, 0.2) is 41.1 Å². The van der Waals surface area contributed by atoms with Crippen LogP contribution < -0.4 is 15.4 Å². The number of hydrogen-bond donors (Lipinski definition) is 3. The second kappa shape index (κ2) is 8.93. The van der Waals surface area contributed by atoms with Crippen molar-refractivity contribution in [1.29, 1.82) is 0 Å². The van der Waals surface area contributed by atoms with Crippen LogP contribution in [0.3, 0.4) is 0 Å². The van der Waals surface area contributed by atoms with Crippen molar-refractivity contribution in [3.05, 3.63) is 58.9 Å². The third-order valence-electron chi connectivity index (χ3n) is 4.69. The third-order valence-corrected chi connectivity index (χ3v) is 4.69. The number of ether oxygens (including phenoxy) is 1. The molecule has 0 bridgehead atoms. The molecule has 1 aliphatic rings. The van der Waals surface area contributed by atoms with E-state index in [0.29, 0.717) is 17.9 Å². The number of halogens is 1. The molecule has 4 rings (SSSR count). The molecule has 0 radical (unpaired) electrons. The molecule has 0 fully saturated rings. The number of methoxy groups -OCH3 is 1. The van der Waals surface area contributed by atoms with Crippen molar-refractivity contribution in [1.82, 2.24) is 15.5 Å². The summed E-state index contributed by atoms with van der Waals surface area (Å²) in [5, 5.41) is 20.0. The number of fused-ring (bicyclic) bond motifs is 1. The number of carboxylic acids is 1. The van der Waals surface area contributed by atoms with E-state index in [1.54, 1.807) is 31.4 Å². The summed E-state index contributed by atoms with van der Waals surface area (Å²) in [4.78, 5) is 16.3. The predicted molar refractivity (Wildman–Crippen MR) is 110 cm³/mol. The van der Waals surface area contributed by atoms with Gasteiger partial charge in [-0.3, -0.25) is 4.98 Å². The number of aromatic carboxylic acids is 1. The average Bonchev–Trinajstić information content (AvgIpc) is 3.16. The zero-order valence-electron chi connectivity index (χ0n) is 15.8. The van der Waals surface area contributed by atoms with Gasteiger partial charge < -0.3 is 25.0 Å². The van der Waals surface area contributed by atoms with Gasteiger partial charge >= 0.3 is 5.97 Å². The lowest BCUT2D eigenvalue weighted by molar-refractivity contribution is 0.0698. The Morgan fingerprint density at radius 2 is 2.14 bits per heavy atom. The summed E-state index contributed by atoms with van der Waals surface area (Å²) in [7, 11) is 1.57. The molecule has 29 heavy (non-hydrogen) atoms. The van der Waals surface area contributed by atoms with Crippen LogP contribution in [0.2, 0.25) is 0 Å². The van der Waals surface area contributed by atoms with E-state index < -0.39 is 5.97 Å². The van der Waals surface area contributed by atoms with Crippen LogP contribution in [0.5, 0.6) is 5.75 Å². The Labute approximate surface area is 173 Å². The lowest BCUT2D eigenvalue weighted by Gasteiger charge is -2.16. The number of nitrogens with one attached hydrogen (secondary N) is 2. The van der Waals surface area contributed by atoms with E-state index >= 15 is 0 Å². The van der Waals surface area contributed by atoms with Gasteiger partial charge in [0, 0.05) is 43.5 Å². The van der Waals surface area contributed by atoms with Crippen molar-refractivity contribution in [2.75, 3.05) is 19.0 Å². The Hall–Kier alpha value is -3.10. The molecule has 3 aromatic rings. The van der Waals surface area contributed by atoms with Gasteiger partial charge in [0.25, 0.3) is 0 Å². The van der Waals surface area contributed by atoms with Crippen LogP contribution in [0.4, 0.5) is 5.82 Å². The molecule has 1 aliphatic heterocycles. The summed E-state index contributed by atoms with van der Waals surface area (Å²) >= 11 is 0. The van der Waals surface area contributed by atoms with Gasteiger partial charge in [-0.1, -0.05) is 5.16 Å². The number of rotatable bonds is 6. The van der Waals surface area contributed by atoms with E-state index in [-0.39, 0.29) is 29.5 Å². The van der Waals surface area contributed by atoms with Crippen LogP contribution in [0, 0.1) is 0 Å². The maximum atomic E-state index is 11.8. The summed E-state index contributed by atoms with van der Waals surface area (Å²) in [6.45, 7) is 2.13. The van der Waals surface area contributed by atoms with Crippen LogP contribution >= 0.6 is 12.4 Å². The summed E-state index contributed by atoms with van der Waals surface area (Å²) in [5.74, 6) is -0.0465. The van der Waals surface area contributed by atoms with Crippen LogP contribution in [-0.2, 0) is 19.5 Å². The van der Waals surface area contributed by atoms with Gasteiger partial charge in [0.1, 0.15) is 5.75 Å². The highest BCUT2D eigenvalue weighted by molar-refractivity contribution is 5.99. The zero-order chi connectivity index (χ0) is 19.5. The second-order valence-corrected chi connectivity index (χ2v) is 6.50. The number of carbonyl (C=O) groups is 1. The van der Waals surface area contributed by atoms with E-state index in [4.69, 9.17) is 9.26 Å². The number of aromatic nitrogens is 2. The Kier molecular flexibility index (Phi) is 6.36. The fourth-order valence-electron chi connectivity index (χ4n) is 3.23. The van der Waals surface area contributed by atoms with Crippen molar-refractivity contribution in [3.8, 4) is 17.1 Å². The second-order valence-electron chi connectivity index (χ2n) is 6.50. The van der Waals surface area contributed by atoms with Gasteiger partial charge in [0.05, 0.1) is 7.11 Å². The highest BCUT2D eigenvalue weighted by Crippen LogP contribution is 2.30. The van der Waals surface area contributed by atoms with Crippen molar-refractivity contribution in [3.63, 3.8) is 0 Å². The van der Waals surface area contributed by atoms with Gasteiger partial charge in [0.2, 0.25) is 0 Å². The average molecular weight is 417 g/mol. The summed E-state index contributed by atoms with van der Waals surface area (Å²) in [6.07, 6.45) is 2.72. The van der Waals surface area contributed by atoms with E-state index in [1.807, 2.05) is 6.20 Å². The molecular weight excluding hydrogens is 396 g/mol. The molecular formula is C20H21ClN4O4. The van der Waals surface area contributed by atoms with Crippen LogP contribution in [0.1, 0.15) is 27.2 Å². The smallest absolute Gasteiger partial charge is 0.343 e. The Bertz CT molecular complexity index is 1000. The highest BCUT2D eigenvalue weighted by Gasteiger charge is 2.24. The van der Waals surface area contributed by atoms with Crippen molar-refractivity contribution in [2.24, 2.45) is 0 Å². The minimum atomic E-state index is -1.11. The molecule has 9 heteroatoms. The number of benzene rings is 1. The molecule has 3 N–H and O–H groups in total. The van der Waals surface area contributed by atoms with Crippen LogP contribution in [-0.4, -0.2) is 34.9 Å². The Balaban J connectivity index is 0.00000240. The number of nitrogens with zero attached hydrogens (tertiary/aromatic N) is 2. The lowest BCUT2D eigenvalue weighted by Crippen LogP contribution is -2.24. The van der Waals surface area contributed by atoms with E-state index in [0.717, 1.165) is 30.8 Å². The molecule has 0 amide bonds. The maximum Gasteiger partial charge on any atom is 0.343 e. The quantitative estimate of drug-likeness (QED) is 0.562. The van der Waals surface area contributed by atoms with Crippen molar-refractivity contribution in [2.45, 2.75) is 19.5 Å². The topological polar surface area (TPSA) is 110 Å². The van der Waals surface area contributed by atoms with Gasteiger partial charge in [-0.05, 0) is 41.5 Å². The van der Waals surface area contributed by atoms with Gasteiger partial charge in [0.15, 0.2) is 17.1 Å². The molecule has 0 aliphatic carbocycles. The summed E-state index contributed by atoms with van der Waals surface area (Å²) < 4.78 is 10.5. The fraction of sp³-hybridized carbons (Fsp3) is 0.250. The normalized spacial score (nSPS) is 12.6. The first-order chi connectivity index (χ1) is 13.7. The number of pyridine rings is 1. The summed E-state index contributed by atoms with van der Waals surface area (Å²) in [6, 6.07) is 9.02.